The minimum absolute atomic E-state index is 0.154. The monoisotopic (exact) mass is 320 g/mol. The molecule has 0 aliphatic carbocycles. The molecule has 0 fully saturated rings. The van der Waals surface area contributed by atoms with Gasteiger partial charge in [-0.25, -0.2) is 10.8 Å². The second-order valence-corrected chi connectivity index (χ2v) is 5.36. The van der Waals surface area contributed by atoms with Crippen LogP contribution in [-0.2, 0) is 22.6 Å². The first-order valence-corrected chi connectivity index (χ1v) is 7.38. The molecule has 22 heavy (non-hydrogen) atoms. The van der Waals surface area contributed by atoms with E-state index < -0.39 is 0 Å². The molecule has 116 valence electrons. The minimum atomic E-state index is -0.248. The number of thiazole rings is 1. The number of nitrogens with one attached hydrogen (secondary N) is 2. The Morgan fingerprint density at radius 2 is 2.05 bits per heavy atom. The first-order chi connectivity index (χ1) is 10.6. The predicted octanol–water partition coefficient (Wildman–Crippen LogP) is 1.21. The quantitative estimate of drug-likeness (QED) is 0.421. The van der Waals surface area contributed by atoms with Crippen LogP contribution in [0.25, 0.3) is 0 Å². The zero-order chi connectivity index (χ0) is 15.9. The average Bonchev–Trinajstić information content (AvgIpc) is 2.93. The molecule has 1 aromatic heterocycles. The summed E-state index contributed by atoms with van der Waals surface area (Å²) >= 11 is 1.35. The lowest BCUT2D eigenvalue weighted by Gasteiger charge is -2.05. The highest BCUT2D eigenvalue weighted by Crippen LogP contribution is 2.18. The van der Waals surface area contributed by atoms with Crippen LogP contribution >= 0.6 is 11.3 Å². The van der Waals surface area contributed by atoms with Gasteiger partial charge < -0.3 is 10.1 Å². The second kappa shape index (κ2) is 7.53. The Morgan fingerprint density at radius 1 is 1.32 bits per heavy atom. The van der Waals surface area contributed by atoms with E-state index in [1.165, 1.54) is 18.3 Å². The average molecular weight is 320 g/mol. The molecule has 2 rings (SSSR count). The maximum atomic E-state index is 11.2. The highest BCUT2D eigenvalue weighted by Gasteiger charge is 2.05. The molecule has 0 spiro atoms. The maximum Gasteiger partial charge on any atom is 0.238 e. The zero-order valence-corrected chi connectivity index (χ0v) is 12.8. The lowest BCUT2D eigenvalue weighted by Crippen LogP contribution is -2.31. The van der Waals surface area contributed by atoms with Gasteiger partial charge in [-0.2, -0.15) is 0 Å². The Morgan fingerprint density at radius 3 is 2.68 bits per heavy atom. The van der Waals surface area contributed by atoms with Gasteiger partial charge >= 0.3 is 0 Å². The van der Waals surface area contributed by atoms with Gasteiger partial charge in [0.15, 0.2) is 5.13 Å². The van der Waals surface area contributed by atoms with E-state index in [1.807, 2.05) is 5.38 Å². The van der Waals surface area contributed by atoms with Gasteiger partial charge in [-0.1, -0.05) is 12.1 Å². The molecule has 0 aliphatic heterocycles. The molecule has 0 atom stereocenters. The largest absolute Gasteiger partial charge is 0.487 e. The summed E-state index contributed by atoms with van der Waals surface area (Å²) in [6, 6.07) is 7.16. The van der Waals surface area contributed by atoms with Crippen molar-refractivity contribution in [3.63, 3.8) is 0 Å². The smallest absolute Gasteiger partial charge is 0.238 e. The number of aromatic nitrogens is 1. The Labute approximate surface area is 131 Å². The highest BCUT2D eigenvalue weighted by molar-refractivity contribution is 7.13. The van der Waals surface area contributed by atoms with Gasteiger partial charge in [0, 0.05) is 12.3 Å². The molecule has 1 aromatic carbocycles. The molecule has 4 N–H and O–H groups in total. The van der Waals surface area contributed by atoms with Crippen LogP contribution in [0.4, 0.5) is 5.13 Å². The lowest BCUT2D eigenvalue weighted by atomic mass is 10.1. The molecule has 0 saturated heterocycles. The van der Waals surface area contributed by atoms with Gasteiger partial charge in [0.2, 0.25) is 11.8 Å². The van der Waals surface area contributed by atoms with Crippen molar-refractivity contribution in [2.45, 2.75) is 20.0 Å². The molecule has 1 heterocycles. The minimum Gasteiger partial charge on any atom is -0.487 e. The zero-order valence-electron chi connectivity index (χ0n) is 12.0. The Hall–Kier alpha value is -2.45. The predicted molar refractivity (Wildman–Crippen MR) is 83.2 cm³/mol. The fraction of sp³-hybridized carbons (Fsp3) is 0.214. The normalized spacial score (nSPS) is 10.1. The van der Waals surface area contributed by atoms with E-state index in [-0.39, 0.29) is 18.2 Å². The van der Waals surface area contributed by atoms with Crippen LogP contribution < -0.4 is 21.3 Å². The van der Waals surface area contributed by atoms with Gasteiger partial charge in [-0.15, -0.1) is 11.3 Å². The molecule has 8 heteroatoms. The van der Waals surface area contributed by atoms with E-state index >= 15 is 0 Å². The number of hydrogen-bond acceptors (Lipinski definition) is 6. The van der Waals surface area contributed by atoms with E-state index in [1.54, 1.807) is 24.3 Å². The standard InChI is InChI=1S/C14H16N4O3S/c1-9(19)16-14-17-11(8-22-14)7-21-12-4-2-10(3-5-12)6-13(20)18-15/h2-5,8H,6-7,15H2,1H3,(H,18,20)(H,16,17,19). The number of nitrogens with two attached hydrogens (primary N) is 1. The van der Waals surface area contributed by atoms with Crippen LogP contribution in [0, 0.1) is 0 Å². The molecule has 0 unspecified atom stereocenters. The summed E-state index contributed by atoms with van der Waals surface area (Å²) < 4.78 is 5.60. The second-order valence-electron chi connectivity index (χ2n) is 4.50. The van der Waals surface area contributed by atoms with E-state index in [0.29, 0.717) is 17.5 Å². The van der Waals surface area contributed by atoms with Crippen LogP contribution in [0.3, 0.4) is 0 Å². The molecular weight excluding hydrogens is 304 g/mol. The van der Waals surface area contributed by atoms with Gasteiger partial charge in [0.1, 0.15) is 12.4 Å². The Kier molecular flexibility index (Phi) is 5.45. The topological polar surface area (TPSA) is 106 Å². The molecular formula is C14H16N4O3S. The van der Waals surface area contributed by atoms with Crippen molar-refractivity contribution >= 4 is 28.3 Å². The van der Waals surface area contributed by atoms with Crippen LogP contribution in [0.1, 0.15) is 18.2 Å². The number of anilines is 1. The molecule has 0 saturated carbocycles. The van der Waals surface area contributed by atoms with Gasteiger partial charge in [-0.3, -0.25) is 15.0 Å². The molecule has 0 bridgehead atoms. The number of hydrogen-bond donors (Lipinski definition) is 3. The fourth-order valence-electron chi connectivity index (χ4n) is 1.68. The first kappa shape index (κ1) is 15.9. The summed E-state index contributed by atoms with van der Waals surface area (Å²) in [5, 5.41) is 4.99. The third-order valence-electron chi connectivity index (χ3n) is 2.67. The summed E-state index contributed by atoms with van der Waals surface area (Å²) in [6.07, 6.45) is 0.225. The third kappa shape index (κ3) is 4.83. The van der Waals surface area contributed by atoms with Crippen LogP contribution in [0.15, 0.2) is 29.6 Å². The maximum absolute atomic E-state index is 11.2. The number of amides is 2. The summed E-state index contributed by atoms with van der Waals surface area (Å²) in [4.78, 5) is 26.3. The van der Waals surface area contributed by atoms with E-state index in [2.05, 4.69) is 15.7 Å². The van der Waals surface area contributed by atoms with Gasteiger partial charge in [-0.05, 0) is 17.7 Å². The first-order valence-electron chi connectivity index (χ1n) is 6.50. The van der Waals surface area contributed by atoms with Gasteiger partial charge in [0.25, 0.3) is 0 Å². The summed E-state index contributed by atoms with van der Waals surface area (Å²) in [7, 11) is 0. The van der Waals surface area contributed by atoms with E-state index in [9.17, 15) is 9.59 Å². The van der Waals surface area contributed by atoms with Crippen LogP contribution in [-0.4, -0.2) is 16.8 Å². The Balaban J connectivity index is 1.87. The highest BCUT2D eigenvalue weighted by atomic mass is 32.1. The number of nitrogens with zero attached hydrogens (tertiary/aromatic N) is 1. The van der Waals surface area contributed by atoms with Crippen molar-refractivity contribution < 1.29 is 14.3 Å². The van der Waals surface area contributed by atoms with Crippen molar-refractivity contribution in [2.75, 3.05) is 5.32 Å². The molecule has 0 aliphatic rings. The number of rotatable bonds is 6. The number of carbonyl (C=O) groups is 2. The fourth-order valence-corrected chi connectivity index (χ4v) is 2.42. The summed E-state index contributed by atoms with van der Waals surface area (Å²) in [5.41, 5.74) is 3.66. The lowest BCUT2D eigenvalue weighted by molar-refractivity contribution is -0.120. The van der Waals surface area contributed by atoms with Crippen LogP contribution in [0.5, 0.6) is 5.75 Å². The SMILES string of the molecule is CC(=O)Nc1nc(COc2ccc(CC(=O)NN)cc2)cs1. The van der Waals surface area contributed by atoms with E-state index in [0.717, 1.165) is 11.3 Å². The molecule has 2 amide bonds. The summed E-state index contributed by atoms with van der Waals surface area (Å²) in [5.74, 6) is 5.31. The van der Waals surface area contributed by atoms with Crippen molar-refractivity contribution in [2.24, 2.45) is 5.84 Å². The number of benzene rings is 1. The van der Waals surface area contributed by atoms with Crippen molar-refractivity contribution in [3.8, 4) is 5.75 Å². The van der Waals surface area contributed by atoms with Crippen molar-refractivity contribution in [3.05, 3.63) is 40.9 Å². The number of carbonyl (C=O) groups excluding carboxylic acids is 2. The molecule has 0 radical (unpaired) electrons. The van der Waals surface area contributed by atoms with Gasteiger partial charge in [0.05, 0.1) is 12.1 Å². The van der Waals surface area contributed by atoms with Crippen molar-refractivity contribution in [1.82, 2.24) is 10.4 Å². The number of hydrazine groups is 1. The molecule has 7 nitrogen and oxygen atoms in total. The van der Waals surface area contributed by atoms with Crippen LogP contribution in [0.2, 0.25) is 0 Å². The molecule has 2 aromatic rings. The van der Waals surface area contributed by atoms with Crippen molar-refractivity contribution in [1.29, 1.82) is 0 Å². The number of ether oxygens (including phenoxy) is 1. The Bertz CT molecular complexity index is 654. The third-order valence-corrected chi connectivity index (χ3v) is 3.48. The summed E-state index contributed by atoms with van der Waals surface area (Å²) in [6.45, 7) is 1.74. The van der Waals surface area contributed by atoms with E-state index in [4.69, 9.17) is 10.6 Å².